The summed E-state index contributed by atoms with van der Waals surface area (Å²) in [5.74, 6) is -0.263. The van der Waals surface area contributed by atoms with Crippen LogP contribution in [0.4, 0.5) is 0 Å². The highest BCUT2D eigenvalue weighted by atomic mass is 16.4. The van der Waals surface area contributed by atoms with Crippen molar-refractivity contribution >= 4 is 11.7 Å². The average Bonchev–Trinajstić information content (AvgIpc) is 2.86. The van der Waals surface area contributed by atoms with E-state index in [0.717, 1.165) is 6.42 Å². The number of nitrogens with one attached hydrogen (secondary N) is 1. The van der Waals surface area contributed by atoms with E-state index in [1.165, 1.54) is 23.2 Å². The zero-order valence-electron chi connectivity index (χ0n) is 9.67. The fourth-order valence-corrected chi connectivity index (χ4v) is 2.13. The molecule has 1 fully saturated rings. The fourth-order valence-electron chi connectivity index (χ4n) is 2.13. The Morgan fingerprint density at radius 2 is 2.39 bits per heavy atom. The molecule has 1 aliphatic heterocycles. The van der Waals surface area contributed by atoms with Gasteiger partial charge in [0.05, 0.1) is 6.04 Å². The van der Waals surface area contributed by atoms with Gasteiger partial charge in [-0.1, -0.05) is 5.16 Å². The summed E-state index contributed by atoms with van der Waals surface area (Å²) in [5, 5.41) is 11.6. The number of carbonyl (C=O) groups excluding carboxylic acids is 1. The quantitative estimate of drug-likeness (QED) is 0.290. The fraction of sp³-hybridized carbons (Fsp3) is 0.364. The third-order valence-electron chi connectivity index (χ3n) is 2.99. The number of pyridine rings is 1. The number of rotatable bonds is 2. The van der Waals surface area contributed by atoms with Crippen molar-refractivity contribution in [2.75, 3.05) is 6.54 Å². The number of likely N-dealkylation sites (tertiary alicyclic amines) is 1. The molecule has 7 heteroatoms. The molecule has 1 aromatic rings. The molecule has 18 heavy (non-hydrogen) atoms. The standard InChI is InChI=1S/C11H14N4O3/c12-10(14-18)8-2-1-5-15(8)11(17)7-3-4-13-9(16)6-7/h3-4,6,8,18H,1-2,5H2,(H2,12,14)(H,13,16). The van der Waals surface area contributed by atoms with E-state index in [2.05, 4.69) is 10.1 Å². The van der Waals surface area contributed by atoms with Crippen molar-refractivity contribution in [3.8, 4) is 0 Å². The van der Waals surface area contributed by atoms with E-state index in [-0.39, 0.29) is 17.3 Å². The molecule has 1 unspecified atom stereocenters. The number of aromatic nitrogens is 1. The molecule has 0 spiro atoms. The molecular formula is C11H14N4O3. The molecular weight excluding hydrogens is 236 g/mol. The number of oxime groups is 1. The Morgan fingerprint density at radius 3 is 3.06 bits per heavy atom. The lowest BCUT2D eigenvalue weighted by Gasteiger charge is -2.23. The minimum atomic E-state index is -0.401. The van der Waals surface area contributed by atoms with Crippen LogP contribution in [0.2, 0.25) is 0 Å². The van der Waals surface area contributed by atoms with E-state index < -0.39 is 6.04 Å². The highest BCUT2D eigenvalue weighted by Gasteiger charge is 2.32. The Morgan fingerprint density at radius 1 is 1.61 bits per heavy atom. The normalized spacial score (nSPS) is 20.1. The third-order valence-corrected chi connectivity index (χ3v) is 2.99. The van der Waals surface area contributed by atoms with Gasteiger partial charge in [-0.3, -0.25) is 9.59 Å². The molecule has 96 valence electrons. The molecule has 2 rings (SSSR count). The first kappa shape index (κ1) is 12.2. The Kier molecular flexibility index (Phi) is 3.31. The van der Waals surface area contributed by atoms with Gasteiger partial charge in [-0.05, 0) is 18.9 Å². The van der Waals surface area contributed by atoms with Crippen molar-refractivity contribution in [3.63, 3.8) is 0 Å². The maximum atomic E-state index is 12.2. The second-order valence-corrected chi connectivity index (χ2v) is 4.12. The topological polar surface area (TPSA) is 112 Å². The summed E-state index contributed by atoms with van der Waals surface area (Å²) in [6.45, 7) is 0.534. The summed E-state index contributed by atoms with van der Waals surface area (Å²) >= 11 is 0. The SMILES string of the molecule is N/C(=N/O)C1CCCN1C(=O)c1cc[nH]c(=O)c1. The summed E-state index contributed by atoms with van der Waals surface area (Å²) in [6, 6.07) is 2.37. The smallest absolute Gasteiger partial charge is 0.254 e. The molecule has 1 saturated heterocycles. The maximum Gasteiger partial charge on any atom is 0.254 e. The Bertz CT molecular complexity index is 537. The molecule has 1 amide bonds. The number of aromatic amines is 1. The molecule has 1 aromatic heterocycles. The van der Waals surface area contributed by atoms with Gasteiger partial charge in [0, 0.05) is 24.4 Å². The van der Waals surface area contributed by atoms with Crippen molar-refractivity contribution in [1.29, 1.82) is 0 Å². The molecule has 1 atom stereocenters. The van der Waals surface area contributed by atoms with Gasteiger partial charge in [0.2, 0.25) is 5.56 Å². The summed E-state index contributed by atoms with van der Waals surface area (Å²) in [7, 11) is 0. The predicted octanol–water partition coefficient (Wildman–Crippen LogP) is -0.274. The Balaban J connectivity index is 2.26. The summed E-state index contributed by atoms with van der Waals surface area (Å²) < 4.78 is 0. The second-order valence-electron chi connectivity index (χ2n) is 4.12. The van der Waals surface area contributed by atoms with E-state index >= 15 is 0 Å². The lowest BCUT2D eigenvalue weighted by molar-refractivity contribution is 0.0767. The van der Waals surface area contributed by atoms with Crippen LogP contribution in [-0.2, 0) is 0 Å². The van der Waals surface area contributed by atoms with Crippen LogP contribution in [0, 0.1) is 0 Å². The van der Waals surface area contributed by atoms with Crippen molar-refractivity contribution < 1.29 is 10.0 Å². The molecule has 0 saturated carbocycles. The number of hydrogen-bond donors (Lipinski definition) is 3. The van der Waals surface area contributed by atoms with Gasteiger partial charge in [-0.2, -0.15) is 0 Å². The van der Waals surface area contributed by atoms with Gasteiger partial charge in [-0.15, -0.1) is 0 Å². The lowest BCUT2D eigenvalue weighted by Crippen LogP contribution is -2.44. The third kappa shape index (κ3) is 2.20. The van der Waals surface area contributed by atoms with Gasteiger partial charge in [0.1, 0.15) is 0 Å². The van der Waals surface area contributed by atoms with Crippen LogP contribution in [0.15, 0.2) is 28.3 Å². The summed E-state index contributed by atoms with van der Waals surface area (Å²) in [4.78, 5) is 27.3. The summed E-state index contributed by atoms with van der Waals surface area (Å²) in [5.41, 5.74) is 5.52. The predicted molar refractivity (Wildman–Crippen MR) is 64.5 cm³/mol. The van der Waals surface area contributed by atoms with Gasteiger partial charge in [0.15, 0.2) is 5.84 Å². The van der Waals surface area contributed by atoms with E-state index in [1.807, 2.05) is 0 Å². The van der Waals surface area contributed by atoms with Crippen LogP contribution in [0.1, 0.15) is 23.2 Å². The zero-order chi connectivity index (χ0) is 13.1. The lowest BCUT2D eigenvalue weighted by atomic mass is 10.2. The highest BCUT2D eigenvalue weighted by molar-refractivity contribution is 5.98. The minimum absolute atomic E-state index is 0.0192. The zero-order valence-corrected chi connectivity index (χ0v) is 9.67. The largest absolute Gasteiger partial charge is 0.409 e. The van der Waals surface area contributed by atoms with E-state index in [0.29, 0.717) is 18.5 Å². The van der Waals surface area contributed by atoms with Crippen LogP contribution in [0.25, 0.3) is 0 Å². The monoisotopic (exact) mass is 250 g/mol. The van der Waals surface area contributed by atoms with Crippen LogP contribution in [-0.4, -0.2) is 39.4 Å². The summed E-state index contributed by atoms with van der Waals surface area (Å²) in [6.07, 6.45) is 2.87. The second kappa shape index (κ2) is 4.91. The minimum Gasteiger partial charge on any atom is -0.409 e. The highest BCUT2D eigenvalue weighted by Crippen LogP contribution is 2.19. The molecule has 7 nitrogen and oxygen atoms in total. The number of amides is 1. The molecule has 0 aliphatic carbocycles. The molecule has 2 heterocycles. The van der Waals surface area contributed by atoms with Crippen LogP contribution in [0.5, 0.6) is 0 Å². The molecule has 0 radical (unpaired) electrons. The van der Waals surface area contributed by atoms with Crippen molar-refractivity contribution in [3.05, 3.63) is 34.2 Å². The first-order valence-corrected chi connectivity index (χ1v) is 5.60. The number of carbonyl (C=O) groups is 1. The van der Waals surface area contributed by atoms with Crippen molar-refractivity contribution in [2.24, 2.45) is 10.9 Å². The van der Waals surface area contributed by atoms with E-state index in [1.54, 1.807) is 0 Å². The maximum absolute atomic E-state index is 12.2. The number of amidine groups is 1. The number of hydrogen-bond acceptors (Lipinski definition) is 4. The average molecular weight is 250 g/mol. The molecule has 1 aliphatic rings. The number of H-pyrrole nitrogens is 1. The van der Waals surface area contributed by atoms with Crippen LogP contribution < -0.4 is 11.3 Å². The van der Waals surface area contributed by atoms with Gasteiger partial charge < -0.3 is 20.8 Å². The number of nitrogens with zero attached hydrogens (tertiary/aromatic N) is 2. The van der Waals surface area contributed by atoms with Crippen LogP contribution in [0.3, 0.4) is 0 Å². The van der Waals surface area contributed by atoms with Crippen LogP contribution >= 0.6 is 0 Å². The number of nitrogens with two attached hydrogens (primary N) is 1. The van der Waals surface area contributed by atoms with E-state index in [9.17, 15) is 9.59 Å². The first-order valence-electron chi connectivity index (χ1n) is 5.60. The van der Waals surface area contributed by atoms with Gasteiger partial charge in [0.25, 0.3) is 5.91 Å². The van der Waals surface area contributed by atoms with E-state index in [4.69, 9.17) is 10.9 Å². The Labute approximate surface area is 103 Å². The molecule has 4 N–H and O–H groups in total. The first-order chi connectivity index (χ1) is 8.63. The molecule has 0 bridgehead atoms. The van der Waals surface area contributed by atoms with Crippen molar-refractivity contribution in [2.45, 2.75) is 18.9 Å². The van der Waals surface area contributed by atoms with Gasteiger partial charge in [-0.25, -0.2) is 0 Å². The van der Waals surface area contributed by atoms with Gasteiger partial charge >= 0.3 is 0 Å². The van der Waals surface area contributed by atoms with Crippen molar-refractivity contribution in [1.82, 2.24) is 9.88 Å². The Hall–Kier alpha value is -2.31. The molecule has 0 aromatic carbocycles.